The number of anilines is 2. The fourth-order valence-corrected chi connectivity index (χ4v) is 4.89. The Morgan fingerprint density at radius 3 is 2.61 bits per heavy atom. The molecular formula is C21H27N5O4S. The molecule has 0 atom stereocenters. The van der Waals surface area contributed by atoms with Crippen LogP contribution in [0, 0.1) is 5.92 Å². The summed E-state index contributed by atoms with van der Waals surface area (Å²) in [4.78, 5) is 28.5. The molecule has 0 unspecified atom stereocenters. The number of aromatic nitrogens is 2. The van der Waals surface area contributed by atoms with Gasteiger partial charge in [-0.3, -0.25) is 14.5 Å². The first-order valence-corrected chi connectivity index (χ1v) is 11.3. The van der Waals surface area contributed by atoms with Crippen molar-refractivity contribution in [3.63, 3.8) is 0 Å². The van der Waals surface area contributed by atoms with Crippen LogP contribution in [-0.2, 0) is 16.1 Å². The Bertz CT molecular complexity index is 942. The first-order valence-electron chi connectivity index (χ1n) is 10.5. The highest BCUT2D eigenvalue weighted by Crippen LogP contribution is 2.32. The molecule has 9 nitrogen and oxygen atoms in total. The number of hydrogen-bond acceptors (Lipinski definition) is 8. The van der Waals surface area contributed by atoms with Gasteiger partial charge in [0.2, 0.25) is 22.1 Å². The van der Waals surface area contributed by atoms with Gasteiger partial charge in [0.15, 0.2) is 0 Å². The predicted molar refractivity (Wildman–Crippen MR) is 118 cm³/mol. The smallest absolute Gasteiger partial charge is 0.228 e. The highest BCUT2D eigenvalue weighted by atomic mass is 32.1. The molecule has 2 aliphatic heterocycles. The third-order valence-corrected chi connectivity index (χ3v) is 6.80. The minimum absolute atomic E-state index is 0.0342. The highest BCUT2D eigenvalue weighted by molar-refractivity contribution is 7.19. The summed E-state index contributed by atoms with van der Waals surface area (Å²) in [5.41, 5.74) is 0.909. The van der Waals surface area contributed by atoms with Crippen molar-refractivity contribution >= 4 is 33.4 Å². The number of ether oxygens (including phenoxy) is 2. The van der Waals surface area contributed by atoms with E-state index in [2.05, 4.69) is 20.4 Å². The zero-order valence-corrected chi connectivity index (χ0v) is 18.6. The van der Waals surface area contributed by atoms with Crippen LogP contribution in [0.25, 0.3) is 0 Å². The summed E-state index contributed by atoms with van der Waals surface area (Å²) in [5, 5.41) is 13.0. The second-order valence-corrected chi connectivity index (χ2v) is 8.61. The number of piperidine rings is 1. The minimum atomic E-state index is -0.0342. The topological polar surface area (TPSA) is 96.9 Å². The molecule has 3 heterocycles. The number of nitrogens with zero attached hydrogens (tertiary/aromatic N) is 4. The van der Waals surface area contributed by atoms with Crippen LogP contribution in [0.15, 0.2) is 18.2 Å². The lowest BCUT2D eigenvalue weighted by atomic mass is 9.96. The van der Waals surface area contributed by atoms with E-state index in [4.69, 9.17) is 9.47 Å². The first kappa shape index (κ1) is 21.4. The number of carbonyl (C=O) groups excluding carboxylic acids is 2. The zero-order valence-electron chi connectivity index (χ0n) is 17.8. The Balaban J connectivity index is 1.28. The summed E-state index contributed by atoms with van der Waals surface area (Å²) < 4.78 is 10.6. The van der Waals surface area contributed by atoms with Crippen LogP contribution in [0.3, 0.4) is 0 Å². The predicted octanol–water partition coefficient (Wildman–Crippen LogP) is 2.21. The molecule has 0 aliphatic carbocycles. The molecule has 0 saturated carbocycles. The van der Waals surface area contributed by atoms with Crippen molar-refractivity contribution in [1.29, 1.82) is 0 Å². The molecular weight excluding hydrogens is 418 g/mol. The number of amides is 2. The summed E-state index contributed by atoms with van der Waals surface area (Å²) in [6, 6.07) is 5.57. The molecule has 0 bridgehead atoms. The average molecular weight is 446 g/mol. The molecule has 1 aromatic heterocycles. The standard InChI is InChI=1S/C21H27N5O4S/c1-29-16-6-5-15(17(12-16)30-2)13-22-19(28)14-7-10-25(11-8-14)20-23-24-21(31-20)26-9-3-4-18(26)27/h5-6,12,14H,3-4,7-11,13H2,1-2H3,(H,22,28). The van der Waals surface area contributed by atoms with Gasteiger partial charge in [-0.25, -0.2) is 0 Å². The van der Waals surface area contributed by atoms with Gasteiger partial charge in [0.1, 0.15) is 11.5 Å². The van der Waals surface area contributed by atoms with E-state index in [9.17, 15) is 9.59 Å². The fourth-order valence-electron chi connectivity index (χ4n) is 3.95. The number of hydrogen-bond donors (Lipinski definition) is 1. The second-order valence-electron chi connectivity index (χ2n) is 7.67. The Kier molecular flexibility index (Phi) is 6.55. The van der Waals surface area contributed by atoms with Gasteiger partial charge >= 0.3 is 0 Å². The lowest BCUT2D eigenvalue weighted by Crippen LogP contribution is -2.40. The van der Waals surface area contributed by atoms with Gasteiger partial charge in [0, 0.05) is 50.1 Å². The summed E-state index contributed by atoms with van der Waals surface area (Å²) in [5.74, 6) is 1.55. The SMILES string of the molecule is COc1ccc(CNC(=O)C2CCN(c3nnc(N4CCCC4=O)s3)CC2)c(OC)c1. The van der Waals surface area contributed by atoms with Crippen LogP contribution in [-0.4, -0.2) is 55.9 Å². The maximum atomic E-state index is 12.7. The highest BCUT2D eigenvalue weighted by Gasteiger charge is 2.29. The van der Waals surface area contributed by atoms with Crippen LogP contribution < -0.4 is 24.6 Å². The molecule has 0 spiro atoms. The van der Waals surface area contributed by atoms with Crippen molar-refractivity contribution < 1.29 is 19.1 Å². The summed E-state index contributed by atoms with van der Waals surface area (Å²) in [7, 11) is 3.21. The molecule has 166 valence electrons. The summed E-state index contributed by atoms with van der Waals surface area (Å²) in [6.45, 7) is 2.61. The normalized spacial score (nSPS) is 17.2. The molecule has 2 amide bonds. The van der Waals surface area contributed by atoms with E-state index in [1.165, 1.54) is 11.3 Å². The van der Waals surface area contributed by atoms with Crippen LogP contribution in [0.4, 0.5) is 10.3 Å². The van der Waals surface area contributed by atoms with Gasteiger partial charge in [0.25, 0.3) is 0 Å². The van der Waals surface area contributed by atoms with Crippen molar-refractivity contribution in [3.05, 3.63) is 23.8 Å². The number of carbonyl (C=O) groups is 2. The van der Waals surface area contributed by atoms with E-state index in [1.807, 2.05) is 18.2 Å². The molecule has 2 aliphatic rings. The Labute approximate surface area is 185 Å². The molecule has 4 rings (SSSR count). The van der Waals surface area contributed by atoms with Crippen molar-refractivity contribution in [3.8, 4) is 11.5 Å². The largest absolute Gasteiger partial charge is 0.497 e. The molecule has 0 radical (unpaired) electrons. The van der Waals surface area contributed by atoms with E-state index in [0.29, 0.717) is 36.1 Å². The van der Waals surface area contributed by atoms with E-state index in [-0.39, 0.29) is 17.7 Å². The minimum Gasteiger partial charge on any atom is -0.497 e. The molecule has 2 aromatic rings. The third kappa shape index (κ3) is 4.73. The first-order chi connectivity index (χ1) is 15.1. The molecule has 1 N–H and O–H groups in total. The van der Waals surface area contributed by atoms with Gasteiger partial charge in [-0.1, -0.05) is 11.3 Å². The van der Waals surface area contributed by atoms with E-state index >= 15 is 0 Å². The van der Waals surface area contributed by atoms with Crippen LogP contribution in [0.2, 0.25) is 0 Å². The second kappa shape index (κ2) is 9.51. The lowest BCUT2D eigenvalue weighted by Gasteiger charge is -2.30. The molecule has 1 aromatic carbocycles. The molecule has 2 fully saturated rings. The summed E-state index contributed by atoms with van der Waals surface area (Å²) in [6.07, 6.45) is 2.96. The number of rotatable bonds is 7. The average Bonchev–Trinajstić information content (AvgIpc) is 3.46. The maximum Gasteiger partial charge on any atom is 0.228 e. The quantitative estimate of drug-likeness (QED) is 0.698. The van der Waals surface area contributed by atoms with Crippen molar-refractivity contribution in [2.24, 2.45) is 5.92 Å². The monoisotopic (exact) mass is 445 g/mol. The maximum absolute atomic E-state index is 12.7. The van der Waals surface area contributed by atoms with Crippen molar-refractivity contribution in [2.75, 3.05) is 43.7 Å². The molecule has 31 heavy (non-hydrogen) atoms. The number of methoxy groups -OCH3 is 2. The fraction of sp³-hybridized carbons (Fsp3) is 0.524. The van der Waals surface area contributed by atoms with Gasteiger partial charge in [-0.05, 0) is 31.4 Å². The Morgan fingerprint density at radius 1 is 1.16 bits per heavy atom. The van der Waals surface area contributed by atoms with Gasteiger partial charge in [-0.2, -0.15) is 0 Å². The van der Waals surface area contributed by atoms with E-state index < -0.39 is 0 Å². The van der Waals surface area contributed by atoms with Crippen LogP contribution in [0.5, 0.6) is 11.5 Å². The zero-order chi connectivity index (χ0) is 21.8. The van der Waals surface area contributed by atoms with Crippen molar-refractivity contribution in [1.82, 2.24) is 15.5 Å². The third-order valence-electron chi connectivity index (χ3n) is 5.79. The molecule has 2 saturated heterocycles. The van der Waals surface area contributed by atoms with Crippen LogP contribution in [0.1, 0.15) is 31.2 Å². The lowest BCUT2D eigenvalue weighted by molar-refractivity contribution is -0.125. The van der Waals surface area contributed by atoms with Crippen LogP contribution >= 0.6 is 11.3 Å². The van der Waals surface area contributed by atoms with E-state index in [1.54, 1.807) is 19.1 Å². The van der Waals surface area contributed by atoms with Gasteiger partial charge in [-0.15, -0.1) is 10.2 Å². The number of nitrogens with one attached hydrogen (secondary N) is 1. The Hall–Kier alpha value is -2.88. The van der Waals surface area contributed by atoms with E-state index in [0.717, 1.165) is 43.0 Å². The molecule has 10 heteroatoms. The number of benzene rings is 1. The Morgan fingerprint density at radius 2 is 1.94 bits per heavy atom. The van der Waals surface area contributed by atoms with Crippen molar-refractivity contribution in [2.45, 2.75) is 32.2 Å². The van der Waals surface area contributed by atoms with Gasteiger partial charge < -0.3 is 19.7 Å². The summed E-state index contributed by atoms with van der Waals surface area (Å²) >= 11 is 1.45. The van der Waals surface area contributed by atoms with Gasteiger partial charge in [0.05, 0.1) is 14.2 Å².